The lowest BCUT2D eigenvalue weighted by Crippen LogP contribution is -2.29. The zero-order chi connectivity index (χ0) is 13.6. The Morgan fingerprint density at radius 1 is 1.39 bits per heavy atom. The van der Waals surface area contributed by atoms with Crippen LogP contribution in [-0.2, 0) is 9.53 Å². The third kappa shape index (κ3) is 2.58. The lowest BCUT2D eigenvalue weighted by atomic mass is 9.99. The van der Waals surface area contributed by atoms with Crippen LogP contribution in [0.1, 0.15) is 51.2 Å². The van der Waals surface area contributed by atoms with Gasteiger partial charge < -0.3 is 4.74 Å². The average Bonchev–Trinajstić information content (AvgIpc) is 2.90. The molecule has 2 unspecified atom stereocenters. The molecule has 0 N–H and O–H groups in total. The molecule has 1 aromatic rings. The van der Waals surface area contributed by atoms with E-state index in [-0.39, 0.29) is 11.4 Å². The van der Waals surface area contributed by atoms with Crippen LogP contribution < -0.4 is 0 Å². The molecule has 0 radical (unpaired) electrons. The average molecular weight is 246 g/mol. The maximum atomic E-state index is 12.2. The van der Waals surface area contributed by atoms with E-state index in [9.17, 15) is 4.79 Å². The summed E-state index contributed by atoms with van der Waals surface area (Å²) in [6, 6.07) is 8.41. The minimum absolute atomic E-state index is 0.0680. The Morgan fingerprint density at radius 3 is 2.61 bits per heavy atom. The van der Waals surface area contributed by atoms with Gasteiger partial charge in [0.25, 0.3) is 0 Å². The van der Waals surface area contributed by atoms with Gasteiger partial charge in [-0.2, -0.15) is 0 Å². The topological polar surface area (TPSA) is 26.3 Å². The highest BCUT2D eigenvalue weighted by Crippen LogP contribution is 2.60. The Balaban J connectivity index is 2.11. The van der Waals surface area contributed by atoms with Crippen LogP contribution in [0.25, 0.3) is 0 Å². The van der Waals surface area contributed by atoms with Gasteiger partial charge in [-0.05, 0) is 46.6 Å². The van der Waals surface area contributed by atoms with E-state index in [2.05, 4.69) is 31.2 Å². The van der Waals surface area contributed by atoms with Crippen molar-refractivity contribution in [3.05, 3.63) is 35.4 Å². The number of benzene rings is 1. The first-order chi connectivity index (χ1) is 8.22. The molecule has 1 aliphatic carbocycles. The van der Waals surface area contributed by atoms with Gasteiger partial charge in [0.2, 0.25) is 0 Å². The first-order valence-corrected chi connectivity index (χ1v) is 6.52. The first-order valence-electron chi connectivity index (χ1n) is 6.52. The molecule has 0 bridgehead atoms. The zero-order valence-electron chi connectivity index (χ0n) is 11.9. The van der Waals surface area contributed by atoms with Crippen LogP contribution in [0.15, 0.2) is 24.3 Å². The van der Waals surface area contributed by atoms with Crippen LogP contribution in [-0.4, -0.2) is 11.6 Å². The number of esters is 1. The maximum Gasteiger partial charge on any atom is 0.312 e. The lowest BCUT2D eigenvalue weighted by Gasteiger charge is -2.22. The minimum atomic E-state index is -0.403. The second kappa shape index (κ2) is 4.11. The molecule has 0 spiro atoms. The van der Waals surface area contributed by atoms with Crippen LogP contribution in [0.4, 0.5) is 0 Å². The lowest BCUT2D eigenvalue weighted by molar-refractivity contribution is -0.161. The van der Waals surface area contributed by atoms with Gasteiger partial charge in [-0.25, -0.2) is 0 Å². The molecule has 0 amide bonds. The number of ether oxygens (including phenoxy) is 1. The number of rotatable bonds is 2. The summed E-state index contributed by atoms with van der Waals surface area (Å²) in [5.41, 5.74) is 1.76. The molecule has 1 aliphatic rings. The second-order valence-electron chi connectivity index (χ2n) is 6.59. The van der Waals surface area contributed by atoms with Crippen LogP contribution in [0.2, 0.25) is 0 Å². The van der Waals surface area contributed by atoms with E-state index in [4.69, 9.17) is 4.74 Å². The quantitative estimate of drug-likeness (QED) is 0.741. The van der Waals surface area contributed by atoms with Gasteiger partial charge in [-0.15, -0.1) is 0 Å². The third-order valence-electron chi connectivity index (χ3n) is 3.55. The molecule has 2 heteroatoms. The van der Waals surface area contributed by atoms with Gasteiger partial charge in [0.1, 0.15) is 5.60 Å². The van der Waals surface area contributed by atoms with Crippen molar-refractivity contribution in [2.45, 2.75) is 52.6 Å². The number of hydrogen-bond donors (Lipinski definition) is 0. The first kappa shape index (κ1) is 13.1. The summed E-state index contributed by atoms with van der Waals surface area (Å²) >= 11 is 0. The predicted molar refractivity (Wildman–Crippen MR) is 72.5 cm³/mol. The van der Waals surface area contributed by atoms with Crippen LogP contribution in [0.5, 0.6) is 0 Å². The van der Waals surface area contributed by atoms with Crippen molar-refractivity contribution in [3.63, 3.8) is 0 Å². The third-order valence-corrected chi connectivity index (χ3v) is 3.55. The number of aryl methyl sites for hydroxylation is 1. The molecule has 0 aromatic heterocycles. The minimum Gasteiger partial charge on any atom is -0.460 e. The van der Waals surface area contributed by atoms with Gasteiger partial charge in [0.05, 0.1) is 5.41 Å². The molecule has 98 valence electrons. The van der Waals surface area contributed by atoms with Crippen molar-refractivity contribution in [2.75, 3.05) is 0 Å². The molecule has 0 saturated heterocycles. The molecule has 1 saturated carbocycles. The Labute approximate surface area is 109 Å². The fourth-order valence-electron chi connectivity index (χ4n) is 2.36. The monoisotopic (exact) mass is 246 g/mol. The summed E-state index contributed by atoms with van der Waals surface area (Å²) in [6.45, 7) is 9.83. The molecule has 0 aliphatic heterocycles. The van der Waals surface area contributed by atoms with Crippen molar-refractivity contribution in [2.24, 2.45) is 5.41 Å². The highest BCUT2D eigenvalue weighted by molar-refractivity contribution is 5.82. The Kier molecular flexibility index (Phi) is 3.00. The summed E-state index contributed by atoms with van der Waals surface area (Å²) < 4.78 is 5.51. The summed E-state index contributed by atoms with van der Waals surface area (Å²) in [4.78, 5) is 12.2. The normalized spacial score (nSPS) is 26.8. The second-order valence-corrected chi connectivity index (χ2v) is 6.59. The van der Waals surface area contributed by atoms with Crippen LogP contribution >= 0.6 is 0 Å². The molecule has 2 rings (SSSR count). The predicted octanol–water partition coefficient (Wildman–Crippen LogP) is 3.83. The van der Waals surface area contributed by atoms with E-state index in [1.807, 2.05) is 27.7 Å². The maximum absolute atomic E-state index is 12.2. The van der Waals surface area contributed by atoms with Gasteiger partial charge in [0, 0.05) is 5.92 Å². The fourth-order valence-corrected chi connectivity index (χ4v) is 2.36. The van der Waals surface area contributed by atoms with E-state index < -0.39 is 5.60 Å². The van der Waals surface area contributed by atoms with Crippen molar-refractivity contribution in [1.82, 2.24) is 0 Å². The summed E-state index contributed by atoms with van der Waals surface area (Å²) in [5.74, 6) is 0.244. The smallest absolute Gasteiger partial charge is 0.312 e. The Hall–Kier alpha value is -1.31. The van der Waals surface area contributed by atoms with Crippen molar-refractivity contribution in [1.29, 1.82) is 0 Å². The van der Waals surface area contributed by atoms with Gasteiger partial charge in [-0.1, -0.05) is 29.8 Å². The number of hydrogen-bond acceptors (Lipinski definition) is 2. The van der Waals surface area contributed by atoms with E-state index in [1.54, 1.807) is 0 Å². The van der Waals surface area contributed by atoms with E-state index in [0.29, 0.717) is 5.92 Å². The number of carbonyl (C=O) groups excluding carboxylic acids is 1. The highest BCUT2D eigenvalue weighted by Gasteiger charge is 2.58. The molecule has 2 atom stereocenters. The van der Waals surface area contributed by atoms with Crippen molar-refractivity contribution < 1.29 is 9.53 Å². The molecule has 2 nitrogen and oxygen atoms in total. The van der Waals surface area contributed by atoms with Crippen molar-refractivity contribution in [3.8, 4) is 0 Å². The fraction of sp³-hybridized carbons (Fsp3) is 0.562. The summed E-state index contributed by atoms with van der Waals surface area (Å²) in [7, 11) is 0. The summed E-state index contributed by atoms with van der Waals surface area (Å²) in [6.07, 6.45) is 0.894. The SMILES string of the molecule is Cc1cccc(C2CC2(C)C(=O)OC(C)(C)C)c1. The standard InChI is InChI=1S/C16H22O2/c1-11-7-6-8-12(9-11)13-10-16(13,5)14(17)18-15(2,3)4/h6-9,13H,10H2,1-5H3. The Morgan fingerprint density at radius 2 is 2.06 bits per heavy atom. The zero-order valence-corrected chi connectivity index (χ0v) is 11.9. The summed E-state index contributed by atoms with van der Waals surface area (Å²) in [5, 5.41) is 0. The van der Waals surface area contributed by atoms with Crippen LogP contribution in [0, 0.1) is 12.3 Å². The number of carbonyl (C=O) groups is 1. The highest BCUT2D eigenvalue weighted by atomic mass is 16.6. The molecule has 18 heavy (non-hydrogen) atoms. The van der Waals surface area contributed by atoms with E-state index in [0.717, 1.165) is 6.42 Å². The van der Waals surface area contributed by atoms with Gasteiger partial charge in [0.15, 0.2) is 0 Å². The van der Waals surface area contributed by atoms with Gasteiger partial charge in [-0.3, -0.25) is 4.79 Å². The van der Waals surface area contributed by atoms with Gasteiger partial charge >= 0.3 is 5.97 Å². The van der Waals surface area contributed by atoms with Crippen LogP contribution in [0.3, 0.4) is 0 Å². The molecular weight excluding hydrogens is 224 g/mol. The van der Waals surface area contributed by atoms with E-state index >= 15 is 0 Å². The molecule has 1 fully saturated rings. The largest absolute Gasteiger partial charge is 0.460 e. The molecule has 0 heterocycles. The van der Waals surface area contributed by atoms with Crippen molar-refractivity contribution >= 4 is 5.97 Å². The molecule has 1 aromatic carbocycles. The van der Waals surface area contributed by atoms with E-state index in [1.165, 1.54) is 11.1 Å². The molecular formula is C16H22O2. The Bertz CT molecular complexity index is 470.